The van der Waals surface area contributed by atoms with Crippen LogP contribution in [0.5, 0.6) is 0 Å². The summed E-state index contributed by atoms with van der Waals surface area (Å²) in [7, 11) is 1.55. The number of anilines is 1. The van der Waals surface area contributed by atoms with Crippen LogP contribution in [-0.2, 0) is 20.1 Å². The Morgan fingerprint density at radius 1 is 1.03 bits per heavy atom. The molecule has 1 fully saturated rings. The van der Waals surface area contributed by atoms with Crippen molar-refractivity contribution in [2.75, 3.05) is 31.1 Å². The first-order chi connectivity index (χ1) is 16.8. The lowest BCUT2D eigenvalue weighted by molar-refractivity contribution is 0.248. The van der Waals surface area contributed by atoms with Crippen molar-refractivity contribution in [2.45, 2.75) is 20.0 Å². The van der Waals surface area contributed by atoms with Gasteiger partial charge in [0.05, 0.1) is 6.54 Å². The number of halogens is 2. The van der Waals surface area contributed by atoms with E-state index in [1.807, 2.05) is 6.07 Å². The van der Waals surface area contributed by atoms with Crippen LogP contribution in [0, 0.1) is 12.7 Å². The van der Waals surface area contributed by atoms with Gasteiger partial charge in [0.2, 0.25) is 5.95 Å². The van der Waals surface area contributed by atoms with Crippen LogP contribution >= 0.6 is 11.6 Å². The van der Waals surface area contributed by atoms with E-state index in [0.29, 0.717) is 19.0 Å². The van der Waals surface area contributed by atoms with Crippen molar-refractivity contribution in [1.82, 2.24) is 24.0 Å². The molecule has 0 radical (unpaired) electrons. The summed E-state index contributed by atoms with van der Waals surface area (Å²) in [6.45, 7) is 5.93. The molecule has 35 heavy (non-hydrogen) atoms. The third-order valence-electron chi connectivity index (χ3n) is 6.68. The number of aryl methyl sites for hydroxylation is 2. The van der Waals surface area contributed by atoms with Crippen LogP contribution in [0.4, 0.5) is 10.3 Å². The van der Waals surface area contributed by atoms with Gasteiger partial charge < -0.3 is 4.90 Å². The molecule has 1 saturated heterocycles. The Labute approximate surface area is 206 Å². The highest BCUT2D eigenvalue weighted by Gasteiger charge is 2.26. The molecule has 5 rings (SSSR count). The van der Waals surface area contributed by atoms with Gasteiger partial charge in [-0.05, 0) is 30.2 Å². The molecule has 0 spiro atoms. The molecule has 1 aliphatic rings. The minimum atomic E-state index is -0.562. The number of aromatic amines is 1. The van der Waals surface area contributed by atoms with Crippen molar-refractivity contribution < 1.29 is 4.39 Å². The normalized spacial score (nSPS) is 14.7. The van der Waals surface area contributed by atoms with Crippen LogP contribution < -0.4 is 16.1 Å². The zero-order valence-corrected chi connectivity index (χ0v) is 20.3. The van der Waals surface area contributed by atoms with Gasteiger partial charge in [-0.25, -0.2) is 9.18 Å². The second-order valence-corrected chi connectivity index (χ2v) is 9.29. The second kappa shape index (κ2) is 9.31. The van der Waals surface area contributed by atoms with Gasteiger partial charge in [0, 0.05) is 50.4 Å². The lowest BCUT2D eigenvalue weighted by atomic mass is 10.1. The Hall–Kier alpha value is -3.43. The van der Waals surface area contributed by atoms with Gasteiger partial charge >= 0.3 is 5.69 Å². The lowest BCUT2D eigenvalue weighted by Gasteiger charge is -2.35. The van der Waals surface area contributed by atoms with Gasteiger partial charge in [-0.3, -0.25) is 23.8 Å². The van der Waals surface area contributed by atoms with Crippen molar-refractivity contribution in [3.63, 3.8) is 0 Å². The number of hydrogen-bond acceptors (Lipinski definition) is 5. The average Bonchev–Trinajstić information content (AvgIpc) is 3.22. The minimum Gasteiger partial charge on any atom is -0.340 e. The van der Waals surface area contributed by atoms with E-state index in [2.05, 4.69) is 44.9 Å². The molecule has 0 aliphatic carbocycles. The molecule has 3 heterocycles. The molecule has 0 amide bonds. The number of piperazine rings is 1. The summed E-state index contributed by atoms with van der Waals surface area (Å²) in [5.74, 6) is 0.0520. The summed E-state index contributed by atoms with van der Waals surface area (Å²) in [6, 6.07) is 12.8. The SMILES string of the molecule is Cc1ccccc1CN1CCN(c2nc3c(c(=O)[nH]c(=O)n3C)n2Cc2c(F)cccc2Cl)CC1. The summed E-state index contributed by atoms with van der Waals surface area (Å²) < 4.78 is 17.6. The maximum absolute atomic E-state index is 14.7. The van der Waals surface area contributed by atoms with Crippen molar-refractivity contribution in [2.24, 2.45) is 7.05 Å². The van der Waals surface area contributed by atoms with E-state index < -0.39 is 17.1 Å². The molecule has 8 nitrogen and oxygen atoms in total. The Morgan fingerprint density at radius 2 is 1.77 bits per heavy atom. The Balaban J connectivity index is 1.50. The molecule has 2 aromatic heterocycles. The summed E-state index contributed by atoms with van der Waals surface area (Å²) in [6.07, 6.45) is 0. The molecular formula is C25H26ClFN6O2. The van der Waals surface area contributed by atoms with Gasteiger partial charge in [-0.1, -0.05) is 41.9 Å². The van der Waals surface area contributed by atoms with E-state index >= 15 is 0 Å². The van der Waals surface area contributed by atoms with E-state index in [1.54, 1.807) is 17.7 Å². The second-order valence-electron chi connectivity index (χ2n) is 8.88. The van der Waals surface area contributed by atoms with Crippen LogP contribution in [0.1, 0.15) is 16.7 Å². The monoisotopic (exact) mass is 496 g/mol. The number of rotatable bonds is 5. The zero-order chi connectivity index (χ0) is 24.7. The summed E-state index contributed by atoms with van der Waals surface area (Å²) >= 11 is 6.31. The smallest absolute Gasteiger partial charge is 0.329 e. The van der Waals surface area contributed by atoms with Crippen LogP contribution in [-0.4, -0.2) is 50.2 Å². The largest absolute Gasteiger partial charge is 0.340 e. The van der Waals surface area contributed by atoms with Gasteiger partial charge in [-0.15, -0.1) is 0 Å². The van der Waals surface area contributed by atoms with E-state index in [4.69, 9.17) is 11.6 Å². The highest BCUT2D eigenvalue weighted by molar-refractivity contribution is 6.31. The molecule has 0 saturated carbocycles. The molecule has 0 bridgehead atoms. The van der Waals surface area contributed by atoms with E-state index in [9.17, 15) is 14.0 Å². The maximum atomic E-state index is 14.7. The van der Waals surface area contributed by atoms with Crippen LogP contribution in [0.25, 0.3) is 11.2 Å². The number of aromatic nitrogens is 4. The predicted molar refractivity (Wildman–Crippen MR) is 135 cm³/mol. The van der Waals surface area contributed by atoms with Crippen molar-refractivity contribution in [3.8, 4) is 0 Å². The third-order valence-corrected chi connectivity index (χ3v) is 7.03. The molecule has 0 atom stereocenters. The Morgan fingerprint density at radius 3 is 2.49 bits per heavy atom. The molecule has 10 heteroatoms. The molecular weight excluding hydrogens is 471 g/mol. The predicted octanol–water partition coefficient (Wildman–Crippen LogP) is 2.89. The number of hydrogen-bond donors (Lipinski definition) is 1. The molecule has 1 N–H and O–H groups in total. The topological polar surface area (TPSA) is 79.2 Å². The summed E-state index contributed by atoms with van der Waals surface area (Å²) in [5.41, 5.74) is 2.18. The fourth-order valence-corrected chi connectivity index (χ4v) is 4.81. The molecule has 182 valence electrons. The van der Waals surface area contributed by atoms with Gasteiger partial charge in [0.1, 0.15) is 5.82 Å². The fraction of sp³-hybridized carbons (Fsp3) is 0.320. The van der Waals surface area contributed by atoms with Gasteiger partial charge in [-0.2, -0.15) is 4.98 Å². The Kier molecular flexibility index (Phi) is 6.21. The van der Waals surface area contributed by atoms with Gasteiger partial charge in [0.25, 0.3) is 5.56 Å². The number of nitrogens with zero attached hydrogens (tertiary/aromatic N) is 5. The first-order valence-corrected chi connectivity index (χ1v) is 11.9. The van der Waals surface area contributed by atoms with Crippen LogP contribution in [0.3, 0.4) is 0 Å². The third kappa shape index (κ3) is 4.37. The van der Waals surface area contributed by atoms with E-state index in [1.165, 1.54) is 27.8 Å². The fourth-order valence-electron chi connectivity index (χ4n) is 4.59. The highest BCUT2D eigenvalue weighted by atomic mass is 35.5. The van der Waals surface area contributed by atoms with Gasteiger partial charge in [0.15, 0.2) is 11.2 Å². The number of benzene rings is 2. The Bertz CT molecular complexity index is 1500. The van der Waals surface area contributed by atoms with Crippen molar-refractivity contribution in [3.05, 3.63) is 90.8 Å². The molecule has 2 aromatic carbocycles. The lowest BCUT2D eigenvalue weighted by Crippen LogP contribution is -2.47. The quantitative estimate of drug-likeness (QED) is 0.459. The van der Waals surface area contributed by atoms with Crippen LogP contribution in [0.2, 0.25) is 5.02 Å². The van der Waals surface area contributed by atoms with Crippen molar-refractivity contribution in [1.29, 1.82) is 0 Å². The van der Waals surface area contributed by atoms with E-state index in [0.717, 1.165) is 19.6 Å². The first kappa shape index (κ1) is 23.3. The molecule has 1 aliphatic heterocycles. The zero-order valence-electron chi connectivity index (χ0n) is 19.6. The maximum Gasteiger partial charge on any atom is 0.329 e. The molecule has 4 aromatic rings. The van der Waals surface area contributed by atoms with E-state index in [-0.39, 0.29) is 28.3 Å². The number of H-pyrrole nitrogens is 1. The van der Waals surface area contributed by atoms with Crippen molar-refractivity contribution >= 4 is 28.7 Å². The average molecular weight is 497 g/mol. The molecule has 0 unspecified atom stereocenters. The highest BCUT2D eigenvalue weighted by Crippen LogP contribution is 2.26. The van der Waals surface area contributed by atoms with Crippen LogP contribution in [0.15, 0.2) is 52.1 Å². The number of fused-ring (bicyclic) bond motifs is 1. The number of nitrogens with one attached hydrogen (secondary N) is 1. The summed E-state index contributed by atoms with van der Waals surface area (Å²) in [4.78, 5) is 36.5. The first-order valence-electron chi connectivity index (χ1n) is 11.5. The summed E-state index contributed by atoms with van der Waals surface area (Å²) in [5, 5.41) is 0.266. The standard InChI is InChI=1S/C25H26ClFN6O2/c1-16-6-3-4-7-17(16)14-31-10-12-32(13-11-31)24-28-22-21(23(34)29-25(35)30(22)2)33(24)15-18-19(26)8-5-9-20(18)27/h3-9H,10-15H2,1-2H3,(H,29,34,35). The number of imidazole rings is 1. The minimum absolute atomic E-state index is 0.0159.